The fourth-order valence-corrected chi connectivity index (χ4v) is 2.48. The van der Waals surface area contributed by atoms with E-state index in [0.717, 1.165) is 24.1 Å². The minimum Gasteiger partial charge on any atom is -0.384 e. The smallest absolute Gasteiger partial charge is 0.124 e. The first-order valence-electron chi connectivity index (χ1n) is 5.79. The van der Waals surface area contributed by atoms with Gasteiger partial charge < -0.3 is 16.0 Å². The molecule has 0 spiro atoms. The van der Waals surface area contributed by atoms with Gasteiger partial charge in [-0.1, -0.05) is 0 Å². The molecule has 4 N–H and O–H groups in total. The molecule has 16 heavy (non-hydrogen) atoms. The predicted octanol–water partition coefficient (Wildman–Crippen LogP) is 1.61. The normalized spacial score (nSPS) is 18.0. The fraction of sp³-hybridized carbons (Fsp3) is 0.417. The van der Waals surface area contributed by atoms with Gasteiger partial charge in [-0.3, -0.25) is 0 Å². The summed E-state index contributed by atoms with van der Waals surface area (Å²) in [7, 11) is 0. The summed E-state index contributed by atoms with van der Waals surface area (Å²) in [6, 6.07) is 3.84. The molecule has 0 radical (unpaired) electrons. The molecule has 1 aliphatic heterocycles. The fourth-order valence-electron chi connectivity index (χ4n) is 2.48. The molecule has 1 fully saturated rings. The number of nitrogens with two attached hydrogens (primary N) is 1. The molecule has 0 unspecified atom stereocenters. The Bertz CT molecular complexity index is 497. The van der Waals surface area contributed by atoms with Crippen LogP contribution in [0.15, 0.2) is 18.3 Å². The summed E-state index contributed by atoms with van der Waals surface area (Å²) in [5.41, 5.74) is 9.20. The number of hydrogen-bond donors (Lipinski definition) is 3. The number of rotatable bonds is 1. The van der Waals surface area contributed by atoms with Gasteiger partial charge in [-0.15, -0.1) is 0 Å². The summed E-state index contributed by atoms with van der Waals surface area (Å²) in [6.07, 6.45) is 4.46. The second-order valence-corrected chi connectivity index (χ2v) is 4.40. The van der Waals surface area contributed by atoms with Crippen molar-refractivity contribution >= 4 is 16.9 Å². The maximum Gasteiger partial charge on any atom is 0.124 e. The Kier molecular flexibility index (Phi) is 2.29. The summed E-state index contributed by atoms with van der Waals surface area (Å²) < 4.78 is 0. The van der Waals surface area contributed by atoms with Crippen LogP contribution in [0.4, 0.5) is 5.82 Å². The summed E-state index contributed by atoms with van der Waals surface area (Å²) in [4.78, 5) is 7.71. The van der Waals surface area contributed by atoms with Crippen LogP contribution in [0.25, 0.3) is 11.0 Å². The zero-order valence-electron chi connectivity index (χ0n) is 9.16. The lowest BCUT2D eigenvalue weighted by atomic mass is 9.91. The number of aromatic amines is 1. The number of nitrogens with zero attached hydrogens (tertiary/aromatic N) is 1. The van der Waals surface area contributed by atoms with Gasteiger partial charge in [0, 0.05) is 6.20 Å². The van der Waals surface area contributed by atoms with Crippen molar-refractivity contribution in [3.05, 3.63) is 23.9 Å². The number of nitrogen functional groups attached to an aromatic ring is 1. The molecule has 3 rings (SSSR count). The first-order valence-corrected chi connectivity index (χ1v) is 5.79. The molecule has 0 bridgehead atoms. The molecular formula is C12H16N4. The monoisotopic (exact) mass is 216 g/mol. The molecule has 2 aromatic heterocycles. The van der Waals surface area contributed by atoms with Crippen LogP contribution in [0.2, 0.25) is 0 Å². The average molecular weight is 216 g/mol. The van der Waals surface area contributed by atoms with E-state index in [1.54, 1.807) is 0 Å². The molecule has 0 aromatic carbocycles. The highest BCUT2D eigenvalue weighted by Gasteiger charge is 2.19. The van der Waals surface area contributed by atoms with Crippen LogP contribution >= 0.6 is 0 Å². The van der Waals surface area contributed by atoms with E-state index < -0.39 is 0 Å². The Hall–Kier alpha value is -1.55. The van der Waals surface area contributed by atoms with Crippen molar-refractivity contribution in [1.82, 2.24) is 15.3 Å². The van der Waals surface area contributed by atoms with Crippen molar-refractivity contribution < 1.29 is 0 Å². The van der Waals surface area contributed by atoms with Gasteiger partial charge in [0.05, 0.1) is 11.0 Å². The van der Waals surface area contributed by atoms with Gasteiger partial charge in [-0.2, -0.15) is 0 Å². The van der Waals surface area contributed by atoms with Gasteiger partial charge in [0.2, 0.25) is 0 Å². The van der Waals surface area contributed by atoms with Gasteiger partial charge in [0.1, 0.15) is 5.82 Å². The second-order valence-electron chi connectivity index (χ2n) is 4.40. The van der Waals surface area contributed by atoms with Crippen LogP contribution in [0, 0.1) is 0 Å². The number of aromatic nitrogens is 2. The first kappa shape index (κ1) is 9.66. The summed E-state index contributed by atoms with van der Waals surface area (Å²) in [5, 5.41) is 3.38. The van der Waals surface area contributed by atoms with Gasteiger partial charge in [-0.05, 0) is 49.5 Å². The number of H-pyrrole nitrogens is 1. The lowest BCUT2D eigenvalue weighted by molar-refractivity contribution is 0.462. The Labute approximate surface area is 94.3 Å². The second kappa shape index (κ2) is 3.79. The van der Waals surface area contributed by atoms with Gasteiger partial charge in [0.25, 0.3) is 0 Å². The Morgan fingerprint density at radius 2 is 2.06 bits per heavy atom. The number of pyridine rings is 1. The van der Waals surface area contributed by atoms with Crippen LogP contribution in [0.3, 0.4) is 0 Å². The van der Waals surface area contributed by atoms with Crippen molar-refractivity contribution in [2.75, 3.05) is 18.8 Å². The summed E-state index contributed by atoms with van der Waals surface area (Å²) >= 11 is 0. The van der Waals surface area contributed by atoms with Crippen molar-refractivity contribution in [3.8, 4) is 0 Å². The predicted molar refractivity (Wildman–Crippen MR) is 65.4 cm³/mol. The molecular weight excluding hydrogens is 200 g/mol. The van der Waals surface area contributed by atoms with E-state index in [0.29, 0.717) is 11.7 Å². The number of fused-ring (bicyclic) bond motifs is 1. The highest BCUT2D eigenvalue weighted by atomic mass is 14.9. The third kappa shape index (κ3) is 1.55. The van der Waals surface area contributed by atoms with E-state index in [1.165, 1.54) is 18.4 Å². The third-order valence-electron chi connectivity index (χ3n) is 3.35. The number of piperidine rings is 1. The Morgan fingerprint density at radius 3 is 2.88 bits per heavy atom. The lowest BCUT2D eigenvalue weighted by Crippen LogP contribution is -2.26. The largest absolute Gasteiger partial charge is 0.384 e. The maximum atomic E-state index is 5.74. The minimum absolute atomic E-state index is 0.599. The zero-order chi connectivity index (χ0) is 11.0. The van der Waals surface area contributed by atoms with Crippen molar-refractivity contribution in [3.63, 3.8) is 0 Å². The van der Waals surface area contributed by atoms with E-state index in [4.69, 9.17) is 5.73 Å². The van der Waals surface area contributed by atoms with E-state index in [2.05, 4.69) is 21.5 Å². The maximum absolute atomic E-state index is 5.74. The third-order valence-corrected chi connectivity index (χ3v) is 3.35. The van der Waals surface area contributed by atoms with Crippen LogP contribution in [-0.4, -0.2) is 23.1 Å². The summed E-state index contributed by atoms with van der Waals surface area (Å²) in [6.45, 7) is 2.19. The highest BCUT2D eigenvalue weighted by Crippen LogP contribution is 2.30. The van der Waals surface area contributed by atoms with Gasteiger partial charge in [0.15, 0.2) is 0 Å². The minimum atomic E-state index is 0.599. The molecule has 1 saturated heterocycles. The van der Waals surface area contributed by atoms with Crippen LogP contribution in [0.5, 0.6) is 0 Å². The first-order chi connectivity index (χ1) is 7.84. The highest BCUT2D eigenvalue weighted by molar-refractivity contribution is 5.80. The topological polar surface area (TPSA) is 66.7 Å². The van der Waals surface area contributed by atoms with Gasteiger partial charge >= 0.3 is 0 Å². The molecule has 3 heterocycles. The van der Waals surface area contributed by atoms with E-state index in [1.807, 2.05) is 12.1 Å². The van der Waals surface area contributed by atoms with E-state index in [-0.39, 0.29) is 0 Å². The molecule has 2 aromatic rings. The van der Waals surface area contributed by atoms with Gasteiger partial charge in [-0.25, -0.2) is 4.98 Å². The standard InChI is InChI=1S/C12H16N4/c13-11-2-1-10-12(16-11)9(7-15-10)8-3-5-14-6-4-8/h1-2,7-8,14-15H,3-6H2,(H2,13,16). The van der Waals surface area contributed by atoms with E-state index >= 15 is 0 Å². The van der Waals surface area contributed by atoms with E-state index in [9.17, 15) is 0 Å². The molecule has 84 valence electrons. The molecule has 4 nitrogen and oxygen atoms in total. The number of anilines is 1. The quantitative estimate of drug-likeness (QED) is 0.678. The molecule has 0 amide bonds. The average Bonchev–Trinajstić information content (AvgIpc) is 2.73. The summed E-state index contributed by atoms with van der Waals surface area (Å²) in [5.74, 6) is 1.21. The number of nitrogens with one attached hydrogen (secondary N) is 2. The molecule has 0 aliphatic carbocycles. The van der Waals surface area contributed by atoms with Crippen LogP contribution in [0.1, 0.15) is 24.3 Å². The SMILES string of the molecule is Nc1ccc2[nH]cc(C3CCNCC3)c2n1. The lowest BCUT2D eigenvalue weighted by Gasteiger charge is -2.21. The molecule has 1 aliphatic rings. The van der Waals surface area contributed by atoms with Crippen LogP contribution in [-0.2, 0) is 0 Å². The van der Waals surface area contributed by atoms with Crippen LogP contribution < -0.4 is 11.1 Å². The molecule has 4 heteroatoms. The Morgan fingerprint density at radius 1 is 1.25 bits per heavy atom. The Balaban J connectivity index is 2.05. The number of hydrogen-bond acceptors (Lipinski definition) is 3. The van der Waals surface area contributed by atoms with Crippen molar-refractivity contribution in [2.24, 2.45) is 0 Å². The van der Waals surface area contributed by atoms with Crippen molar-refractivity contribution in [1.29, 1.82) is 0 Å². The molecule has 0 atom stereocenters. The molecule has 0 saturated carbocycles. The van der Waals surface area contributed by atoms with Crippen molar-refractivity contribution in [2.45, 2.75) is 18.8 Å². The zero-order valence-corrected chi connectivity index (χ0v) is 9.16.